The number of aliphatic hydroxyl groups is 5. The van der Waals surface area contributed by atoms with Crippen molar-refractivity contribution in [1.29, 1.82) is 0 Å². The Kier molecular flexibility index (Phi) is 10.9. The van der Waals surface area contributed by atoms with Crippen LogP contribution in [0.15, 0.2) is 82.8 Å². The summed E-state index contributed by atoms with van der Waals surface area (Å²) in [4.78, 5) is 24.5. The van der Waals surface area contributed by atoms with Crippen LogP contribution < -0.4 is 5.32 Å². The van der Waals surface area contributed by atoms with E-state index in [0.29, 0.717) is 38.5 Å². The van der Waals surface area contributed by atoms with E-state index in [-0.39, 0.29) is 17.1 Å². The van der Waals surface area contributed by atoms with Crippen molar-refractivity contribution < 1.29 is 35.4 Å². The average Bonchev–Trinajstić information content (AvgIpc) is 3.45. The van der Waals surface area contributed by atoms with Gasteiger partial charge in [-0.2, -0.15) is 0 Å². The van der Waals surface area contributed by atoms with Gasteiger partial charge in [0.15, 0.2) is 10.8 Å². The van der Waals surface area contributed by atoms with Crippen molar-refractivity contribution in [3.8, 4) is 22.4 Å². The molecular formula is C32H30Cl2N4O7S. The number of nitrogens with zero attached hydrogens (tertiary/aromatic N) is 2. The Morgan fingerprint density at radius 1 is 0.826 bits per heavy atom. The number of halogens is 2. The van der Waals surface area contributed by atoms with Crippen LogP contribution in [0.25, 0.3) is 33.5 Å². The molecule has 11 nitrogen and oxygen atoms in total. The highest BCUT2D eigenvalue weighted by molar-refractivity contribution is 7.99. The van der Waals surface area contributed by atoms with Gasteiger partial charge < -0.3 is 40.9 Å². The number of nitrogens with one attached hydrogen (secondary N) is 2. The number of carboxylic acids is 1. The predicted molar refractivity (Wildman–Crippen MR) is 175 cm³/mol. The van der Waals surface area contributed by atoms with E-state index < -0.39 is 37.0 Å². The number of H-pyrrole nitrogens is 1. The first-order valence-electron chi connectivity index (χ1n) is 14.0. The minimum atomic E-state index is -1.66. The van der Waals surface area contributed by atoms with E-state index in [2.05, 4.69) is 20.3 Å². The molecule has 14 heteroatoms. The van der Waals surface area contributed by atoms with Gasteiger partial charge in [-0.25, -0.2) is 14.8 Å². The van der Waals surface area contributed by atoms with E-state index in [1.807, 2.05) is 48.5 Å². The monoisotopic (exact) mass is 684 g/mol. The summed E-state index contributed by atoms with van der Waals surface area (Å²) >= 11 is 13.8. The molecule has 0 aliphatic rings. The van der Waals surface area contributed by atoms with Gasteiger partial charge in [0.2, 0.25) is 0 Å². The molecule has 5 aromatic rings. The van der Waals surface area contributed by atoms with E-state index in [1.54, 1.807) is 12.1 Å². The van der Waals surface area contributed by atoms with Crippen LogP contribution in [0.3, 0.4) is 0 Å². The molecule has 5 rings (SSSR count). The third kappa shape index (κ3) is 7.86. The van der Waals surface area contributed by atoms with Crippen molar-refractivity contribution in [3.63, 3.8) is 0 Å². The zero-order chi connectivity index (χ0) is 33.0. The summed E-state index contributed by atoms with van der Waals surface area (Å²) in [6, 6.07) is 22.0. The fourth-order valence-corrected chi connectivity index (χ4v) is 5.96. The summed E-state index contributed by atoms with van der Waals surface area (Å²) in [6.45, 7) is -0.368. The molecule has 8 N–H and O–H groups in total. The molecule has 2 aromatic heterocycles. The SMILES string of the molecule is O=C(O)c1cc(Sc2nc3nc(-c4ccc(-c5ccc(CNC[C@H](O)[C@@H](O)[C@H](O)[C@H](O)CO)cc5)cc4)c(Cl)cc3[nH]2)ccc1Cl. The molecular weight excluding hydrogens is 655 g/mol. The van der Waals surface area contributed by atoms with Gasteiger partial charge in [0, 0.05) is 23.5 Å². The summed E-state index contributed by atoms with van der Waals surface area (Å²) < 4.78 is 0. The largest absolute Gasteiger partial charge is 0.478 e. The van der Waals surface area contributed by atoms with Crippen LogP contribution in [0, 0.1) is 0 Å². The van der Waals surface area contributed by atoms with E-state index >= 15 is 0 Å². The standard InChI is InChI=1S/C32H30Cl2N4O7S/c33-22-10-9-20(11-21(22)31(44)45)46-32-36-24-12-23(34)27(37-30(24)38-32)19-7-5-18(6-8-19)17-3-1-16(2-4-17)13-35-14-25(40)28(42)29(43)26(41)15-39/h1-12,25-26,28-29,35,39-43H,13-15H2,(H,44,45)(H,36,37,38)/t25-,26+,28+,29+/m0/s1. The van der Waals surface area contributed by atoms with E-state index in [4.69, 9.17) is 28.3 Å². The van der Waals surface area contributed by atoms with E-state index in [1.165, 1.54) is 23.9 Å². The second-order valence-corrected chi connectivity index (χ2v) is 12.4. The molecule has 2 heterocycles. The molecule has 0 bridgehead atoms. The van der Waals surface area contributed by atoms with Crippen molar-refractivity contribution in [1.82, 2.24) is 20.3 Å². The lowest BCUT2D eigenvalue weighted by Gasteiger charge is -2.25. The molecule has 0 radical (unpaired) electrons. The number of aromatic nitrogens is 3. The summed E-state index contributed by atoms with van der Waals surface area (Å²) in [5, 5.41) is 61.5. The molecule has 46 heavy (non-hydrogen) atoms. The first-order valence-corrected chi connectivity index (χ1v) is 15.6. The van der Waals surface area contributed by atoms with E-state index in [0.717, 1.165) is 22.3 Å². The number of hydrogen-bond donors (Lipinski definition) is 8. The smallest absolute Gasteiger partial charge is 0.337 e. The normalized spacial score (nSPS) is 14.2. The topological polar surface area (TPSA) is 192 Å². The number of rotatable bonds is 13. The highest BCUT2D eigenvalue weighted by Crippen LogP contribution is 2.34. The van der Waals surface area contributed by atoms with Gasteiger partial charge in [0.25, 0.3) is 0 Å². The highest BCUT2D eigenvalue weighted by atomic mass is 35.5. The Morgan fingerprint density at radius 2 is 1.46 bits per heavy atom. The van der Waals surface area contributed by atoms with Crippen molar-refractivity contribution >= 4 is 52.1 Å². The van der Waals surface area contributed by atoms with Crippen LogP contribution in [0.5, 0.6) is 0 Å². The van der Waals surface area contributed by atoms with Crippen LogP contribution in [0.4, 0.5) is 0 Å². The van der Waals surface area contributed by atoms with Gasteiger partial charge in [0.05, 0.1) is 39.5 Å². The number of benzene rings is 3. The van der Waals surface area contributed by atoms with Gasteiger partial charge in [0.1, 0.15) is 18.3 Å². The molecule has 0 spiro atoms. The van der Waals surface area contributed by atoms with Crippen LogP contribution in [-0.2, 0) is 6.54 Å². The van der Waals surface area contributed by atoms with Gasteiger partial charge in [-0.3, -0.25) is 0 Å². The summed E-state index contributed by atoms with van der Waals surface area (Å²) in [5.41, 5.74) is 5.35. The number of carboxylic acid groups (broad SMARTS) is 1. The maximum absolute atomic E-state index is 11.4. The van der Waals surface area contributed by atoms with Gasteiger partial charge in [-0.15, -0.1) is 0 Å². The average molecular weight is 686 g/mol. The molecule has 0 saturated carbocycles. The molecule has 4 atom stereocenters. The molecule has 0 unspecified atom stereocenters. The highest BCUT2D eigenvalue weighted by Gasteiger charge is 2.29. The summed E-state index contributed by atoms with van der Waals surface area (Å²) in [7, 11) is 0. The lowest BCUT2D eigenvalue weighted by molar-refractivity contribution is -0.114. The van der Waals surface area contributed by atoms with E-state index in [9.17, 15) is 30.3 Å². The third-order valence-corrected chi connectivity index (χ3v) is 8.74. The molecule has 3 aromatic carbocycles. The number of aromatic amines is 1. The van der Waals surface area contributed by atoms with Crippen molar-refractivity contribution in [2.24, 2.45) is 0 Å². The second kappa shape index (κ2) is 14.9. The van der Waals surface area contributed by atoms with Crippen LogP contribution in [0.2, 0.25) is 10.0 Å². The maximum Gasteiger partial charge on any atom is 0.337 e. The van der Waals surface area contributed by atoms with Crippen molar-refractivity contribution in [3.05, 3.63) is 94.0 Å². The predicted octanol–water partition coefficient (Wildman–Crippen LogP) is 3.97. The van der Waals surface area contributed by atoms with Crippen molar-refractivity contribution in [2.75, 3.05) is 13.2 Å². The Hall–Kier alpha value is -3.56. The zero-order valence-corrected chi connectivity index (χ0v) is 26.3. The first-order chi connectivity index (χ1) is 22.0. The Bertz CT molecular complexity index is 1820. The zero-order valence-electron chi connectivity index (χ0n) is 24.0. The quantitative estimate of drug-likeness (QED) is 0.0895. The van der Waals surface area contributed by atoms with Gasteiger partial charge >= 0.3 is 5.97 Å². The number of fused-ring (bicyclic) bond motifs is 1. The van der Waals surface area contributed by atoms with Gasteiger partial charge in [-0.1, -0.05) is 83.5 Å². The number of pyridine rings is 1. The number of carbonyl (C=O) groups is 1. The number of aliphatic hydroxyl groups excluding tert-OH is 5. The summed E-state index contributed by atoms with van der Waals surface area (Å²) in [5.74, 6) is -1.11. The van der Waals surface area contributed by atoms with Crippen LogP contribution in [0.1, 0.15) is 15.9 Å². The molecule has 0 fully saturated rings. The fraction of sp³-hybridized carbons (Fsp3) is 0.219. The Balaban J connectivity index is 1.22. The molecule has 0 saturated heterocycles. The molecule has 240 valence electrons. The summed E-state index contributed by atoms with van der Waals surface area (Å²) in [6.07, 6.45) is -6.16. The van der Waals surface area contributed by atoms with Gasteiger partial charge in [-0.05, 0) is 41.0 Å². The lowest BCUT2D eigenvalue weighted by atomic mass is 10.0. The fourth-order valence-electron chi connectivity index (χ4n) is 4.67. The minimum absolute atomic E-state index is 0.00652. The maximum atomic E-state index is 11.4. The Morgan fingerprint density at radius 3 is 2.11 bits per heavy atom. The van der Waals surface area contributed by atoms with Crippen LogP contribution in [-0.4, -0.2) is 89.1 Å². The lowest BCUT2D eigenvalue weighted by Crippen LogP contribution is -2.48. The van der Waals surface area contributed by atoms with Crippen molar-refractivity contribution in [2.45, 2.75) is 41.0 Å². The molecule has 0 aliphatic heterocycles. The number of aromatic carboxylic acids is 1. The van der Waals surface area contributed by atoms with Crippen LogP contribution >= 0.6 is 35.0 Å². The third-order valence-electron chi connectivity index (χ3n) is 7.24. The second-order valence-electron chi connectivity index (χ2n) is 10.5. The number of imidazole rings is 1. The first kappa shape index (κ1) is 33.8. The molecule has 0 aliphatic carbocycles. The Labute approximate surface area is 277 Å². The number of hydrogen-bond acceptors (Lipinski definition) is 10. The molecule has 0 amide bonds. The minimum Gasteiger partial charge on any atom is -0.478 e.